The summed E-state index contributed by atoms with van der Waals surface area (Å²) >= 11 is 3.19. The molecule has 0 bridgehead atoms. The van der Waals surface area contributed by atoms with Gasteiger partial charge in [-0.05, 0) is 6.42 Å². The van der Waals surface area contributed by atoms with Gasteiger partial charge in [0.05, 0.1) is 0 Å². The van der Waals surface area contributed by atoms with Gasteiger partial charge < -0.3 is 0 Å². The van der Waals surface area contributed by atoms with E-state index < -0.39 is 0 Å². The minimum absolute atomic E-state index is 1.10. The molecule has 0 aliphatic heterocycles. The minimum Gasteiger partial charge on any atom is -0.256 e. The van der Waals surface area contributed by atoms with Gasteiger partial charge in [0.15, 0.2) is 0 Å². The molecule has 0 heterocycles. The SMILES string of the molecule is CCCCCCCCCNBr. The summed E-state index contributed by atoms with van der Waals surface area (Å²) in [5, 5.41) is 0. The minimum atomic E-state index is 1.10. The molecule has 0 atom stereocenters. The van der Waals surface area contributed by atoms with Crippen molar-refractivity contribution in [3.05, 3.63) is 0 Å². The van der Waals surface area contributed by atoms with E-state index in [0.717, 1.165) is 6.54 Å². The van der Waals surface area contributed by atoms with Gasteiger partial charge in [0, 0.05) is 22.7 Å². The van der Waals surface area contributed by atoms with Crippen molar-refractivity contribution in [2.45, 2.75) is 51.9 Å². The van der Waals surface area contributed by atoms with Crippen LogP contribution in [0.2, 0.25) is 0 Å². The topological polar surface area (TPSA) is 12.0 Å². The average Bonchev–Trinajstić information content (AvgIpc) is 2.03. The van der Waals surface area contributed by atoms with Crippen LogP contribution in [0.4, 0.5) is 0 Å². The molecule has 0 spiro atoms. The molecule has 0 saturated carbocycles. The Hall–Kier alpha value is 0.440. The zero-order valence-corrected chi connectivity index (χ0v) is 9.12. The zero-order chi connectivity index (χ0) is 8.36. The maximum absolute atomic E-state index is 3.19. The fourth-order valence-corrected chi connectivity index (χ4v) is 1.43. The number of unbranched alkanes of at least 4 members (excludes halogenated alkanes) is 6. The average molecular weight is 222 g/mol. The molecule has 0 radical (unpaired) electrons. The van der Waals surface area contributed by atoms with E-state index in [0.29, 0.717) is 0 Å². The Morgan fingerprint density at radius 1 is 0.909 bits per heavy atom. The molecule has 0 saturated heterocycles. The van der Waals surface area contributed by atoms with Crippen LogP contribution in [0.15, 0.2) is 0 Å². The van der Waals surface area contributed by atoms with Crippen molar-refractivity contribution in [1.29, 1.82) is 0 Å². The highest BCUT2D eigenvalue weighted by Crippen LogP contribution is 2.06. The molecule has 0 fully saturated rings. The van der Waals surface area contributed by atoms with Crippen molar-refractivity contribution in [2.24, 2.45) is 0 Å². The Labute approximate surface area is 79.3 Å². The lowest BCUT2D eigenvalue weighted by Gasteiger charge is -1.99. The fourth-order valence-electron chi connectivity index (χ4n) is 1.15. The molecule has 0 aromatic carbocycles. The lowest BCUT2D eigenvalue weighted by Crippen LogP contribution is -1.98. The molecule has 0 amide bonds. The molecule has 68 valence electrons. The molecule has 1 nitrogen and oxygen atoms in total. The quantitative estimate of drug-likeness (QED) is 0.488. The number of nitrogens with one attached hydrogen (secondary N) is 1. The Bertz CT molecular complexity index is 58.6. The Morgan fingerprint density at radius 2 is 1.45 bits per heavy atom. The molecule has 11 heavy (non-hydrogen) atoms. The molecule has 0 aromatic heterocycles. The molecule has 1 N–H and O–H groups in total. The first kappa shape index (κ1) is 11.4. The van der Waals surface area contributed by atoms with E-state index in [-0.39, 0.29) is 0 Å². The normalized spacial score (nSPS) is 10.4. The molecule has 0 unspecified atom stereocenters. The summed E-state index contributed by atoms with van der Waals surface area (Å²) < 4.78 is 2.98. The third kappa shape index (κ3) is 10.4. The molecule has 0 aliphatic rings. The number of rotatable bonds is 8. The number of hydrogen-bond acceptors (Lipinski definition) is 1. The van der Waals surface area contributed by atoms with Gasteiger partial charge in [-0.3, -0.25) is 4.34 Å². The summed E-state index contributed by atoms with van der Waals surface area (Å²) in [6.07, 6.45) is 9.71. The molecule has 0 aliphatic carbocycles. The largest absolute Gasteiger partial charge is 0.256 e. The summed E-state index contributed by atoms with van der Waals surface area (Å²) in [7, 11) is 0. The van der Waals surface area contributed by atoms with Crippen LogP contribution in [-0.2, 0) is 0 Å². The van der Waals surface area contributed by atoms with E-state index in [1.165, 1.54) is 44.9 Å². The van der Waals surface area contributed by atoms with Crippen LogP contribution < -0.4 is 4.34 Å². The van der Waals surface area contributed by atoms with Crippen LogP contribution in [0.5, 0.6) is 0 Å². The third-order valence-corrected chi connectivity index (χ3v) is 2.27. The van der Waals surface area contributed by atoms with Crippen molar-refractivity contribution < 1.29 is 0 Å². The van der Waals surface area contributed by atoms with E-state index in [1.54, 1.807) is 0 Å². The highest BCUT2D eigenvalue weighted by molar-refractivity contribution is 9.08. The predicted molar refractivity (Wildman–Crippen MR) is 54.9 cm³/mol. The predicted octanol–water partition coefficient (Wildman–Crippen LogP) is 3.64. The Kier molecular flexibility index (Phi) is 10.9. The van der Waals surface area contributed by atoms with Crippen LogP contribution in [0.1, 0.15) is 51.9 Å². The van der Waals surface area contributed by atoms with Gasteiger partial charge in [0.1, 0.15) is 0 Å². The second-order valence-corrected chi connectivity index (χ2v) is 3.57. The first-order valence-corrected chi connectivity index (χ1v) is 5.54. The smallest absolute Gasteiger partial charge is 0.00875 e. The lowest BCUT2D eigenvalue weighted by atomic mass is 10.1. The van der Waals surface area contributed by atoms with E-state index in [2.05, 4.69) is 27.4 Å². The van der Waals surface area contributed by atoms with Gasteiger partial charge in [-0.25, -0.2) is 0 Å². The van der Waals surface area contributed by atoms with Gasteiger partial charge >= 0.3 is 0 Å². The van der Waals surface area contributed by atoms with Gasteiger partial charge in [-0.2, -0.15) is 0 Å². The van der Waals surface area contributed by atoms with Gasteiger partial charge in [-0.15, -0.1) is 0 Å². The van der Waals surface area contributed by atoms with Crippen LogP contribution in [-0.4, -0.2) is 6.54 Å². The monoisotopic (exact) mass is 221 g/mol. The number of hydrogen-bond donors (Lipinski definition) is 1. The summed E-state index contributed by atoms with van der Waals surface area (Å²) in [4.78, 5) is 0. The molecular weight excluding hydrogens is 202 g/mol. The fraction of sp³-hybridized carbons (Fsp3) is 1.00. The maximum Gasteiger partial charge on any atom is 0.00875 e. The van der Waals surface area contributed by atoms with Crippen LogP contribution in [0.3, 0.4) is 0 Å². The lowest BCUT2D eigenvalue weighted by molar-refractivity contribution is 0.589. The van der Waals surface area contributed by atoms with Crippen molar-refractivity contribution >= 4 is 16.1 Å². The van der Waals surface area contributed by atoms with Crippen LogP contribution in [0.25, 0.3) is 0 Å². The summed E-state index contributed by atoms with van der Waals surface area (Å²) in [5.41, 5.74) is 0. The van der Waals surface area contributed by atoms with Crippen molar-refractivity contribution in [3.8, 4) is 0 Å². The van der Waals surface area contributed by atoms with Crippen molar-refractivity contribution in [1.82, 2.24) is 4.34 Å². The van der Waals surface area contributed by atoms with Crippen molar-refractivity contribution in [2.75, 3.05) is 6.54 Å². The highest BCUT2D eigenvalue weighted by atomic mass is 79.9. The third-order valence-electron chi connectivity index (χ3n) is 1.87. The van der Waals surface area contributed by atoms with E-state index in [9.17, 15) is 0 Å². The molecular formula is C9H20BrN. The van der Waals surface area contributed by atoms with E-state index >= 15 is 0 Å². The van der Waals surface area contributed by atoms with Gasteiger partial charge in [0.25, 0.3) is 0 Å². The van der Waals surface area contributed by atoms with Gasteiger partial charge in [-0.1, -0.05) is 45.4 Å². The summed E-state index contributed by atoms with van der Waals surface area (Å²) in [6.45, 7) is 3.36. The van der Waals surface area contributed by atoms with E-state index in [1.807, 2.05) is 0 Å². The molecule has 0 aromatic rings. The second-order valence-electron chi connectivity index (χ2n) is 3.00. The van der Waals surface area contributed by atoms with Crippen molar-refractivity contribution in [3.63, 3.8) is 0 Å². The second kappa shape index (κ2) is 10.4. The Balaban J connectivity index is 2.69. The van der Waals surface area contributed by atoms with Crippen LogP contribution >= 0.6 is 16.1 Å². The Morgan fingerprint density at radius 3 is 2.00 bits per heavy atom. The standard InChI is InChI=1S/C9H20BrN/c1-2-3-4-5-6-7-8-9-11-10/h11H,2-9H2,1H3. The summed E-state index contributed by atoms with van der Waals surface area (Å²) in [6, 6.07) is 0. The zero-order valence-electron chi connectivity index (χ0n) is 7.53. The first-order valence-electron chi connectivity index (χ1n) is 4.75. The highest BCUT2D eigenvalue weighted by Gasteiger charge is 1.88. The molecule has 0 rings (SSSR count). The van der Waals surface area contributed by atoms with Gasteiger partial charge in [0.2, 0.25) is 0 Å². The summed E-state index contributed by atoms with van der Waals surface area (Å²) in [5.74, 6) is 0. The molecule has 2 heteroatoms. The first-order chi connectivity index (χ1) is 5.41. The van der Waals surface area contributed by atoms with E-state index in [4.69, 9.17) is 0 Å². The van der Waals surface area contributed by atoms with Crippen LogP contribution in [0, 0.1) is 0 Å². The number of halogens is 1. The maximum atomic E-state index is 3.19.